The quantitative estimate of drug-likeness (QED) is 0.834. The molecule has 2 bridgehead atoms. The van der Waals surface area contributed by atoms with E-state index in [1.165, 1.54) is 0 Å². The molecule has 152 valence electrons. The van der Waals surface area contributed by atoms with Crippen molar-refractivity contribution in [1.82, 2.24) is 10.6 Å². The summed E-state index contributed by atoms with van der Waals surface area (Å²) >= 11 is 0. The Bertz CT molecular complexity index is 983. The third-order valence-electron chi connectivity index (χ3n) is 7.05. The van der Waals surface area contributed by atoms with E-state index in [4.69, 9.17) is 9.15 Å². The summed E-state index contributed by atoms with van der Waals surface area (Å²) in [4.78, 5) is 25.8. The molecule has 3 aliphatic carbocycles. The van der Waals surface area contributed by atoms with Crippen LogP contribution in [0.4, 0.5) is 0 Å². The highest BCUT2D eigenvalue weighted by Crippen LogP contribution is 2.58. The van der Waals surface area contributed by atoms with Crippen LogP contribution in [0.3, 0.4) is 0 Å². The van der Waals surface area contributed by atoms with E-state index in [1.807, 2.05) is 37.3 Å². The lowest BCUT2D eigenvalue weighted by Crippen LogP contribution is -2.69. The number of aryl methyl sites for hydroxylation is 1. The van der Waals surface area contributed by atoms with Crippen molar-refractivity contribution in [2.75, 3.05) is 0 Å². The normalized spacial score (nSPS) is 32.4. The molecule has 1 aromatic carbocycles. The number of para-hydroxylation sites is 1. The molecule has 2 N–H and O–H groups in total. The lowest BCUT2D eigenvalue weighted by molar-refractivity contribution is -0.167. The van der Waals surface area contributed by atoms with Gasteiger partial charge in [0.2, 0.25) is 5.91 Å². The number of benzene rings is 1. The molecule has 3 fully saturated rings. The maximum Gasteiger partial charge on any atom is 0.258 e. The van der Waals surface area contributed by atoms with Crippen LogP contribution < -0.4 is 15.4 Å². The molecule has 2 amide bonds. The fraction of sp³-hybridized carbons (Fsp3) is 0.478. The van der Waals surface area contributed by atoms with Crippen molar-refractivity contribution in [3.63, 3.8) is 0 Å². The number of hydrogen-bond acceptors (Lipinski definition) is 4. The summed E-state index contributed by atoms with van der Waals surface area (Å²) in [7, 11) is 0. The molecule has 1 aliphatic heterocycles. The molecule has 4 aliphatic rings. The lowest BCUT2D eigenvalue weighted by atomic mass is 9.52. The van der Waals surface area contributed by atoms with E-state index >= 15 is 0 Å². The Morgan fingerprint density at radius 3 is 2.86 bits per heavy atom. The van der Waals surface area contributed by atoms with Crippen LogP contribution in [0.25, 0.3) is 0 Å². The van der Waals surface area contributed by atoms with Crippen molar-refractivity contribution in [2.45, 2.75) is 51.8 Å². The SMILES string of the molecule is Cc1ccc(CNC(=O)[C@H]2C[C@@H]3CC[C@]2(C)C[C@@]32NC(=O)c3ccccc3O2)o1. The van der Waals surface area contributed by atoms with Gasteiger partial charge in [0.05, 0.1) is 12.1 Å². The number of furan rings is 1. The van der Waals surface area contributed by atoms with Crippen molar-refractivity contribution in [2.24, 2.45) is 17.3 Å². The Labute approximate surface area is 170 Å². The first kappa shape index (κ1) is 18.3. The molecule has 4 atom stereocenters. The third-order valence-corrected chi connectivity index (χ3v) is 7.05. The second-order valence-corrected chi connectivity index (χ2v) is 9.03. The summed E-state index contributed by atoms with van der Waals surface area (Å²) in [5.74, 6) is 2.23. The van der Waals surface area contributed by atoms with Gasteiger partial charge in [-0.1, -0.05) is 19.1 Å². The lowest BCUT2D eigenvalue weighted by Gasteiger charge is -2.59. The van der Waals surface area contributed by atoms with E-state index in [0.29, 0.717) is 30.7 Å². The molecule has 2 heterocycles. The van der Waals surface area contributed by atoms with Crippen LogP contribution >= 0.6 is 0 Å². The van der Waals surface area contributed by atoms with Crippen molar-refractivity contribution < 1.29 is 18.7 Å². The fourth-order valence-electron chi connectivity index (χ4n) is 5.54. The van der Waals surface area contributed by atoms with E-state index in [9.17, 15) is 9.59 Å². The van der Waals surface area contributed by atoms with Gasteiger partial charge >= 0.3 is 0 Å². The zero-order valence-electron chi connectivity index (χ0n) is 16.8. The largest absolute Gasteiger partial charge is 0.467 e. The molecule has 2 aromatic rings. The molecule has 6 rings (SSSR count). The summed E-state index contributed by atoms with van der Waals surface area (Å²) in [5, 5.41) is 6.20. The Morgan fingerprint density at radius 2 is 2.10 bits per heavy atom. The smallest absolute Gasteiger partial charge is 0.258 e. The number of amides is 2. The van der Waals surface area contributed by atoms with Crippen LogP contribution in [0.2, 0.25) is 0 Å². The van der Waals surface area contributed by atoms with E-state index in [2.05, 4.69) is 17.6 Å². The summed E-state index contributed by atoms with van der Waals surface area (Å²) in [6.07, 6.45) is 3.25. The van der Waals surface area contributed by atoms with Crippen molar-refractivity contribution in [3.05, 3.63) is 53.5 Å². The molecule has 1 aromatic heterocycles. The summed E-state index contributed by atoms with van der Waals surface area (Å²) in [5.41, 5.74) is -0.363. The van der Waals surface area contributed by atoms with Gasteiger partial charge in [-0.05, 0) is 55.9 Å². The third kappa shape index (κ3) is 2.93. The Hall–Kier alpha value is -2.76. The van der Waals surface area contributed by atoms with Crippen LogP contribution in [0.5, 0.6) is 5.75 Å². The Kier molecular flexibility index (Phi) is 4.02. The molecular formula is C23H26N2O4. The van der Waals surface area contributed by atoms with Crippen LogP contribution in [-0.2, 0) is 11.3 Å². The molecule has 0 unspecified atom stereocenters. The first-order valence-corrected chi connectivity index (χ1v) is 10.3. The number of fused-ring (bicyclic) bond motifs is 3. The summed E-state index contributed by atoms with van der Waals surface area (Å²) in [6, 6.07) is 11.2. The molecule has 6 heteroatoms. The van der Waals surface area contributed by atoms with Crippen LogP contribution in [0.1, 0.15) is 54.5 Å². The highest BCUT2D eigenvalue weighted by atomic mass is 16.5. The van der Waals surface area contributed by atoms with Crippen molar-refractivity contribution in [1.29, 1.82) is 0 Å². The van der Waals surface area contributed by atoms with Gasteiger partial charge in [0, 0.05) is 18.3 Å². The van der Waals surface area contributed by atoms with Gasteiger partial charge in [0.1, 0.15) is 17.3 Å². The number of hydrogen-bond donors (Lipinski definition) is 2. The fourth-order valence-corrected chi connectivity index (χ4v) is 5.54. The second-order valence-electron chi connectivity index (χ2n) is 9.03. The van der Waals surface area contributed by atoms with E-state index in [1.54, 1.807) is 6.07 Å². The van der Waals surface area contributed by atoms with Crippen LogP contribution in [-0.4, -0.2) is 17.5 Å². The summed E-state index contributed by atoms with van der Waals surface area (Å²) in [6.45, 7) is 4.44. The van der Waals surface area contributed by atoms with E-state index < -0.39 is 5.72 Å². The molecule has 29 heavy (non-hydrogen) atoms. The molecular weight excluding hydrogens is 368 g/mol. The molecule has 6 nitrogen and oxygen atoms in total. The number of carbonyl (C=O) groups excluding carboxylic acids is 2. The maximum atomic E-state index is 13.0. The average molecular weight is 394 g/mol. The minimum absolute atomic E-state index is 0.0589. The standard InChI is InChI=1S/C23H26N2O4/c1-14-7-8-16(28-14)12-24-21(27)18-11-15-9-10-22(18,2)13-23(15)25-20(26)17-5-3-4-6-19(17)29-23/h3-8,15,18H,9-13H2,1-2H3,(H,24,27)(H,25,26)/t15-,18+,22+,23-/m0/s1. The average Bonchev–Trinajstić information content (AvgIpc) is 3.11. The zero-order valence-corrected chi connectivity index (χ0v) is 16.8. The van der Waals surface area contributed by atoms with Gasteiger partial charge < -0.3 is 19.8 Å². The first-order chi connectivity index (χ1) is 13.9. The topological polar surface area (TPSA) is 80.6 Å². The monoisotopic (exact) mass is 394 g/mol. The number of carbonyl (C=O) groups is 2. The highest BCUT2D eigenvalue weighted by molar-refractivity contribution is 5.98. The maximum absolute atomic E-state index is 13.0. The van der Waals surface area contributed by atoms with Gasteiger partial charge in [0.15, 0.2) is 5.72 Å². The van der Waals surface area contributed by atoms with Gasteiger partial charge in [-0.25, -0.2) is 0 Å². The second kappa shape index (κ2) is 6.37. The molecule has 0 saturated heterocycles. The minimum atomic E-state index is -0.715. The number of ether oxygens (including phenoxy) is 1. The highest BCUT2D eigenvalue weighted by Gasteiger charge is 2.61. The zero-order chi connectivity index (χ0) is 20.2. The Balaban J connectivity index is 1.35. The molecule has 1 spiro atoms. The van der Waals surface area contributed by atoms with Gasteiger partial charge in [-0.15, -0.1) is 0 Å². The number of rotatable bonds is 3. The minimum Gasteiger partial charge on any atom is -0.467 e. The van der Waals surface area contributed by atoms with Crippen molar-refractivity contribution in [3.8, 4) is 5.75 Å². The van der Waals surface area contributed by atoms with E-state index in [0.717, 1.165) is 24.4 Å². The summed E-state index contributed by atoms with van der Waals surface area (Å²) < 4.78 is 12.0. The van der Waals surface area contributed by atoms with Crippen LogP contribution in [0, 0.1) is 24.2 Å². The van der Waals surface area contributed by atoms with Crippen molar-refractivity contribution >= 4 is 11.8 Å². The van der Waals surface area contributed by atoms with Crippen LogP contribution in [0.15, 0.2) is 40.8 Å². The van der Waals surface area contributed by atoms with Gasteiger partial charge in [-0.3, -0.25) is 9.59 Å². The molecule has 0 radical (unpaired) electrons. The van der Waals surface area contributed by atoms with Gasteiger partial charge in [0.25, 0.3) is 5.91 Å². The Morgan fingerprint density at radius 1 is 1.28 bits per heavy atom. The molecule has 3 saturated carbocycles. The predicted molar refractivity (Wildman–Crippen MR) is 106 cm³/mol. The predicted octanol–water partition coefficient (Wildman–Crippen LogP) is 3.55. The van der Waals surface area contributed by atoms with E-state index in [-0.39, 0.29) is 29.1 Å². The first-order valence-electron chi connectivity index (χ1n) is 10.3. The number of nitrogens with one attached hydrogen (secondary N) is 2. The van der Waals surface area contributed by atoms with Gasteiger partial charge in [-0.2, -0.15) is 0 Å².